The van der Waals surface area contributed by atoms with Crippen molar-refractivity contribution in [3.8, 4) is 5.75 Å². The molecule has 1 aromatic rings. The number of ether oxygens (including phenoxy) is 2. The fourth-order valence-corrected chi connectivity index (χ4v) is 1.41. The highest BCUT2D eigenvalue weighted by Gasteiger charge is 2.15. The van der Waals surface area contributed by atoms with E-state index in [-0.39, 0.29) is 30.0 Å². The van der Waals surface area contributed by atoms with Crippen LogP contribution in [0.15, 0.2) is 18.2 Å². The molecule has 1 aromatic carbocycles. The van der Waals surface area contributed by atoms with E-state index in [1.54, 1.807) is 0 Å². The van der Waals surface area contributed by atoms with Gasteiger partial charge in [0, 0.05) is 13.0 Å². The van der Waals surface area contributed by atoms with Crippen molar-refractivity contribution in [1.29, 1.82) is 0 Å². The molecule has 0 aliphatic heterocycles. The van der Waals surface area contributed by atoms with E-state index in [4.69, 9.17) is 5.73 Å². The summed E-state index contributed by atoms with van der Waals surface area (Å²) in [4.78, 5) is 22.7. The molecule has 0 aromatic heterocycles. The maximum Gasteiger partial charge on any atom is 0.387 e. The number of halogens is 2. The molecular formula is C12H14F2N2O4. The van der Waals surface area contributed by atoms with Crippen LogP contribution in [0.4, 0.5) is 14.5 Å². The lowest BCUT2D eigenvalue weighted by molar-refractivity contribution is -0.116. The number of carbonyl (C=O) groups is 2. The predicted molar refractivity (Wildman–Crippen MR) is 66.7 cm³/mol. The molecule has 0 bridgehead atoms. The molecule has 0 saturated heterocycles. The van der Waals surface area contributed by atoms with Gasteiger partial charge in [-0.25, -0.2) is 4.79 Å². The summed E-state index contributed by atoms with van der Waals surface area (Å²) in [5.74, 6) is -1.48. The molecular weight excluding hydrogens is 274 g/mol. The minimum atomic E-state index is -3.09. The third-order valence-electron chi connectivity index (χ3n) is 2.26. The molecule has 0 spiro atoms. The van der Waals surface area contributed by atoms with Crippen molar-refractivity contribution in [2.75, 3.05) is 19.0 Å². The fraction of sp³-hybridized carbons (Fsp3) is 0.333. The van der Waals surface area contributed by atoms with Gasteiger partial charge in [-0.3, -0.25) is 4.79 Å². The van der Waals surface area contributed by atoms with Crippen LogP contribution < -0.4 is 15.8 Å². The van der Waals surface area contributed by atoms with Crippen LogP contribution in [-0.4, -0.2) is 32.1 Å². The number of anilines is 1. The van der Waals surface area contributed by atoms with Crippen LogP contribution in [0.3, 0.4) is 0 Å². The predicted octanol–water partition coefficient (Wildman–Crippen LogP) is 1.36. The quantitative estimate of drug-likeness (QED) is 0.771. The lowest BCUT2D eigenvalue weighted by Gasteiger charge is -2.12. The Bertz CT molecular complexity index is 494. The van der Waals surface area contributed by atoms with Gasteiger partial charge in [-0.2, -0.15) is 8.78 Å². The average molecular weight is 288 g/mol. The summed E-state index contributed by atoms with van der Waals surface area (Å²) in [5.41, 5.74) is 5.26. The first-order chi connectivity index (χ1) is 9.47. The number of alkyl halides is 2. The molecule has 0 atom stereocenters. The van der Waals surface area contributed by atoms with Gasteiger partial charge in [-0.1, -0.05) is 0 Å². The molecule has 20 heavy (non-hydrogen) atoms. The van der Waals surface area contributed by atoms with Crippen LogP contribution in [0.5, 0.6) is 5.75 Å². The smallest absolute Gasteiger partial charge is 0.387 e. The minimum absolute atomic E-state index is 0.0244. The lowest BCUT2D eigenvalue weighted by atomic mass is 10.2. The van der Waals surface area contributed by atoms with E-state index < -0.39 is 18.5 Å². The highest BCUT2D eigenvalue weighted by atomic mass is 19.3. The Kier molecular flexibility index (Phi) is 5.85. The molecule has 0 saturated carbocycles. The zero-order chi connectivity index (χ0) is 15.1. The first kappa shape index (κ1) is 15.8. The summed E-state index contributed by atoms with van der Waals surface area (Å²) in [5, 5.41) is 2.37. The van der Waals surface area contributed by atoms with Gasteiger partial charge in [0.15, 0.2) is 0 Å². The second kappa shape index (κ2) is 7.39. The summed E-state index contributed by atoms with van der Waals surface area (Å²) in [6, 6.07) is 3.66. The Morgan fingerprint density at radius 1 is 1.40 bits per heavy atom. The van der Waals surface area contributed by atoms with Crippen molar-refractivity contribution in [1.82, 2.24) is 0 Å². The zero-order valence-corrected chi connectivity index (χ0v) is 10.7. The third kappa shape index (κ3) is 4.47. The standard InChI is InChI=1S/C12H14F2N2O4/c1-19-11(18)7-2-3-8(16-10(17)4-5-15)9(6-7)20-12(13)14/h2-3,6,12H,4-5,15H2,1H3,(H,16,17). The Morgan fingerprint density at radius 2 is 2.10 bits per heavy atom. The topological polar surface area (TPSA) is 90.7 Å². The molecule has 0 aliphatic rings. The van der Waals surface area contributed by atoms with E-state index in [0.29, 0.717) is 0 Å². The SMILES string of the molecule is COC(=O)c1ccc(NC(=O)CCN)c(OC(F)F)c1. The number of nitrogens with two attached hydrogens (primary N) is 1. The molecule has 0 unspecified atom stereocenters. The summed E-state index contributed by atoms with van der Waals surface area (Å²) in [6.07, 6.45) is 0.0346. The van der Waals surface area contributed by atoms with Gasteiger partial charge >= 0.3 is 12.6 Å². The van der Waals surface area contributed by atoms with Crippen LogP contribution in [0, 0.1) is 0 Å². The van der Waals surface area contributed by atoms with Gasteiger partial charge in [0.2, 0.25) is 5.91 Å². The number of esters is 1. The number of nitrogens with one attached hydrogen (secondary N) is 1. The van der Waals surface area contributed by atoms with Crippen LogP contribution in [0.25, 0.3) is 0 Å². The number of rotatable bonds is 6. The van der Waals surface area contributed by atoms with Crippen LogP contribution in [-0.2, 0) is 9.53 Å². The monoisotopic (exact) mass is 288 g/mol. The van der Waals surface area contributed by atoms with E-state index in [2.05, 4.69) is 14.8 Å². The molecule has 6 nitrogen and oxygen atoms in total. The number of hydrogen-bond donors (Lipinski definition) is 2. The number of carbonyl (C=O) groups excluding carboxylic acids is 2. The molecule has 1 amide bonds. The van der Waals surface area contributed by atoms with E-state index in [0.717, 1.165) is 13.2 Å². The van der Waals surface area contributed by atoms with Crippen molar-refractivity contribution in [2.24, 2.45) is 5.73 Å². The van der Waals surface area contributed by atoms with Crippen LogP contribution in [0.1, 0.15) is 16.8 Å². The normalized spacial score (nSPS) is 10.2. The first-order valence-corrected chi connectivity index (χ1v) is 5.65. The largest absolute Gasteiger partial charge is 0.465 e. The third-order valence-corrected chi connectivity index (χ3v) is 2.26. The second-order valence-electron chi connectivity index (χ2n) is 3.67. The average Bonchev–Trinajstić information content (AvgIpc) is 2.39. The van der Waals surface area contributed by atoms with Crippen molar-refractivity contribution >= 4 is 17.6 Å². The van der Waals surface area contributed by atoms with Crippen molar-refractivity contribution < 1.29 is 27.8 Å². The molecule has 0 aliphatic carbocycles. The first-order valence-electron chi connectivity index (χ1n) is 5.65. The molecule has 0 radical (unpaired) electrons. The van der Waals surface area contributed by atoms with Gasteiger partial charge in [0.05, 0.1) is 18.4 Å². The Labute approximate surface area is 113 Å². The highest BCUT2D eigenvalue weighted by molar-refractivity contribution is 5.95. The van der Waals surface area contributed by atoms with E-state index in [1.807, 2.05) is 0 Å². The zero-order valence-electron chi connectivity index (χ0n) is 10.7. The van der Waals surface area contributed by atoms with Crippen molar-refractivity contribution in [2.45, 2.75) is 13.0 Å². The highest BCUT2D eigenvalue weighted by Crippen LogP contribution is 2.28. The molecule has 3 N–H and O–H groups in total. The lowest BCUT2D eigenvalue weighted by Crippen LogP contribution is -2.17. The molecule has 1 rings (SSSR count). The van der Waals surface area contributed by atoms with Crippen LogP contribution in [0.2, 0.25) is 0 Å². The van der Waals surface area contributed by atoms with E-state index in [1.165, 1.54) is 12.1 Å². The van der Waals surface area contributed by atoms with Gasteiger partial charge in [0.1, 0.15) is 5.75 Å². The second-order valence-corrected chi connectivity index (χ2v) is 3.67. The number of hydrogen-bond acceptors (Lipinski definition) is 5. The van der Waals surface area contributed by atoms with Gasteiger partial charge < -0.3 is 20.5 Å². The van der Waals surface area contributed by atoms with E-state index in [9.17, 15) is 18.4 Å². The fourth-order valence-electron chi connectivity index (χ4n) is 1.41. The maximum atomic E-state index is 12.3. The summed E-state index contributed by atoms with van der Waals surface area (Å²) < 4.78 is 33.4. The van der Waals surface area contributed by atoms with E-state index >= 15 is 0 Å². The summed E-state index contributed by atoms with van der Waals surface area (Å²) >= 11 is 0. The minimum Gasteiger partial charge on any atom is -0.465 e. The van der Waals surface area contributed by atoms with Crippen molar-refractivity contribution in [3.05, 3.63) is 23.8 Å². The van der Waals surface area contributed by atoms with Crippen LogP contribution >= 0.6 is 0 Å². The Hall–Kier alpha value is -2.22. The molecule has 0 heterocycles. The molecule has 110 valence electrons. The summed E-state index contributed by atoms with van der Waals surface area (Å²) in [6.45, 7) is -2.97. The number of methoxy groups -OCH3 is 1. The van der Waals surface area contributed by atoms with Crippen molar-refractivity contribution in [3.63, 3.8) is 0 Å². The molecule has 0 fully saturated rings. The molecule has 8 heteroatoms. The Balaban J connectivity index is 3.03. The summed E-state index contributed by atoms with van der Waals surface area (Å²) in [7, 11) is 1.16. The van der Waals surface area contributed by atoms with Gasteiger partial charge in [-0.15, -0.1) is 0 Å². The van der Waals surface area contributed by atoms with Gasteiger partial charge in [0.25, 0.3) is 0 Å². The van der Waals surface area contributed by atoms with Gasteiger partial charge in [-0.05, 0) is 18.2 Å². The maximum absolute atomic E-state index is 12.3. The number of benzene rings is 1. The number of amides is 1. The Morgan fingerprint density at radius 3 is 2.65 bits per heavy atom.